The van der Waals surface area contributed by atoms with E-state index in [9.17, 15) is 13.2 Å². The summed E-state index contributed by atoms with van der Waals surface area (Å²) < 4.78 is 43.4. The summed E-state index contributed by atoms with van der Waals surface area (Å²) in [4.78, 5) is 3.86. The fraction of sp³-hybridized carbons (Fsp3) is 0.615. The molecule has 112 valence electrons. The van der Waals surface area contributed by atoms with E-state index in [-0.39, 0.29) is 17.7 Å². The molecule has 0 aromatic carbocycles. The molecular formula is C13H18F3N3O. The number of anilines is 2. The molecule has 1 aliphatic heterocycles. The topological polar surface area (TPSA) is 60.2 Å². The number of halogens is 3. The normalized spacial score (nSPS) is 19.9. The molecule has 0 aliphatic carbocycles. The highest BCUT2D eigenvalue weighted by molar-refractivity contribution is 5.47. The first-order valence-electron chi connectivity index (χ1n) is 6.65. The number of alkyl halides is 3. The Bertz CT molecular complexity index is 445. The summed E-state index contributed by atoms with van der Waals surface area (Å²) >= 11 is 0. The first kappa shape index (κ1) is 14.9. The van der Waals surface area contributed by atoms with Gasteiger partial charge in [0.25, 0.3) is 0 Å². The zero-order chi connectivity index (χ0) is 14.6. The number of nitrogens with two attached hydrogens (primary N) is 1. The van der Waals surface area contributed by atoms with Gasteiger partial charge in [-0.05, 0) is 37.8 Å². The fourth-order valence-electron chi connectivity index (χ4n) is 2.20. The van der Waals surface area contributed by atoms with E-state index in [1.807, 2.05) is 0 Å². The zero-order valence-corrected chi connectivity index (χ0v) is 11.0. The second-order valence-electron chi connectivity index (χ2n) is 4.87. The number of nitrogens with zero attached hydrogens (tertiary/aromatic N) is 1. The molecule has 7 heteroatoms. The van der Waals surface area contributed by atoms with Gasteiger partial charge in [0.15, 0.2) is 0 Å². The van der Waals surface area contributed by atoms with Crippen molar-refractivity contribution >= 4 is 11.6 Å². The van der Waals surface area contributed by atoms with Gasteiger partial charge in [-0.25, -0.2) is 4.98 Å². The van der Waals surface area contributed by atoms with Gasteiger partial charge < -0.3 is 15.8 Å². The van der Waals surface area contributed by atoms with E-state index in [0.717, 1.165) is 44.4 Å². The summed E-state index contributed by atoms with van der Waals surface area (Å²) in [5.41, 5.74) is 4.60. The lowest BCUT2D eigenvalue weighted by Gasteiger charge is -2.22. The van der Waals surface area contributed by atoms with Gasteiger partial charge in [-0.1, -0.05) is 0 Å². The van der Waals surface area contributed by atoms with Crippen molar-refractivity contribution in [3.8, 4) is 0 Å². The highest BCUT2D eigenvalue weighted by Crippen LogP contribution is 2.31. The van der Waals surface area contributed by atoms with Crippen LogP contribution in [0.1, 0.15) is 31.2 Å². The third-order valence-corrected chi connectivity index (χ3v) is 3.22. The number of aromatic nitrogens is 1. The van der Waals surface area contributed by atoms with Gasteiger partial charge in [0.1, 0.15) is 11.6 Å². The van der Waals surface area contributed by atoms with Gasteiger partial charge in [0.2, 0.25) is 0 Å². The summed E-state index contributed by atoms with van der Waals surface area (Å²) in [5.74, 6) is 0.00405. The van der Waals surface area contributed by atoms with Gasteiger partial charge in [-0.2, -0.15) is 13.2 Å². The molecule has 1 saturated heterocycles. The first-order chi connectivity index (χ1) is 9.45. The van der Waals surface area contributed by atoms with Crippen LogP contribution in [-0.4, -0.2) is 24.2 Å². The molecule has 0 spiro atoms. The molecule has 20 heavy (non-hydrogen) atoms. The molecule has 2 heterocycles. The molecule has 1 fully saturated rings. The summed E-state index contributed by atoms with van der Waals surface area (Å²) in [6.45, 7) is 1.28. The summed E-state index contributed by atoms with van der Waals surface area (Å²) in [6, 6.07) is 1.80. The highest BCUT2D eigenvalue weighted by atomic mass is 19.4. The maximum atomic E-state index is 12.6. The van der Waals surface area contributed by atoms with Crippen molar-refractivity contribution in [1.82, 2.24) is 4.98 Å². The van der Waals surface area contributed by atoms with Crippen LogP contribution in [0.15, 0.2) is 12.1 Å². The van der Waals surface area contributed by atoms with Crippen LogP contribution in [0.2, 0.25) is 0 Å². The molecule has 1 aromatic rings. The number of hydrogen-bond donors (Lipinski definition) is 2. The van der Waals surface area contributed by atoms with Crippen LogP contribution in [0.25, 0.3) is 0 Å². The molecule has 1 unspecified atom stereocenters. The van der Waals surface area contributed by atoms with E-state index in [0.29, 0.717) is 6.54 Å². The SMILES string of the molecule is Nc1cc(C(F)(F)F)cc(NCCC2CCCCO2)n1. The maximum absolute atomic E-state index is 12.6. The number of hydrogen-bond acceptors (Lipinski definition) is 4. The Balaban J connectivity index is 1.90. The molecule has 0 saturated carbocycles. The summed E-state index contributed by atoms with van der Waals surface area (Å²) in [6.07, 6.45) is -0.272. The third kappa shape index (κ3) is 4.26. The predicted molar refractivity (Wildman–Crippen MR) is 70.3 cm³/mol. The average molecular weight is 289 g/mol. The van der Waals surface area contributed by atoms with E-state index >= 15 is 0 Å². The van der Waals surface area contributed by atoms with Crippen LogP contribution in [0, 0.1) is 0 Å². The van der Waals surface area contributed by atoms with Crippen molar-refractivity contribution in [3.05, 3.63) is 17.7 Å². The maximum Gasteiger partial charge on any atom is 0.416 e. The van der Waals surface area contributed by atoms with Gasteiger partial charge in [0.05, 0.1) is 11.7 Å². The van der Waals surface area contributed by atoms with Crippen molar-refractivity contribution in [2.45, 2.75) is 38.0 Å². The molecule has 0 radical (unpaired) electrons. The number of ether oxygens (including phenoxy) is 1. The minimum Gasteiger partial charge on any atom is -0.384 e. The third-order valence-electron chi connectivity index (χ3n) is 3.22. The van der Waals surface area contributed by atoms with E-state index < -0.39 is 11.7 Å². The van der Waals surface area contributed by atoms with Crippen molar-refractivity contribution < 1.29 is 17.9 Å². The van der Waals surface area contributed by atoms with Crippen LogP contribution in [0.5, 0.6) is 0 Å². The standard InChI is InChI=1S/C13H18F3N3O/c14-13(15,16)9-7-11(17)19-12(8-9)18-5-4-10-3-1-2-6-20-10/h7-8,10H,1-6H2,(H3,17,18,19). The molecule has 4 nitrogen and oxygen atoms in total. The monoisotopic (exact) mass is 289 g/mol. The van der Waals surface area contributed by atoms with E-state index in [1.165, 1.54) is 0 Å². The van der Waals surface area contributed by atoms with Crippen LogP contribution in [-0.2, 0) is 10.9 Å². The van der Waals surface area contributed by atoms with Gasteiger partial charge in [0, 0.05) is 13.2 Å². The second-order valence-corrected chi connectivity index (χ2v) is 4.87. The highest BCUT2D eigenvalue weighted by Gasteiger charge is 2.31. The number of rotatable bonds is 4. The lowest BCUT2D eigenvalue weighted by molar-refractivity contribution is -0.137. The second kappa shape index (κ2) is 6.30. The molecule has 0 bridgehead atoms. The molecule has 0 amide bonds. The van der Waals surface area contributed by atoms with Gasteiger partial charge >= 0.3 is 6.18 Å². The minimum atomic E-state index is -4.42. The van der Waals surface area contributed by atoms with Crippen LogP contribution in [0.4, 0.5) is 24.8 Å². The van der Waals surface area contributed by atoms with Crippen LogP contribution >= 0.6 is 0 Å². The van der Waals surface area contributed by atoms with Crippen molar-refractivity contribution in [1.29, 1.82) is 0 Å². The molecule has 3 N–H and O–H groups in total. The van der Waals surface area contributed by atoms with Gasteiger partial charge in [-0.15, -0.1) is 0 Å². The summed E-state index contributed by atoms with van der Waals surface area (Å²) in [5, 5.41) is 2.87. The molecule has 1 aromatic heterocycles. The van der Waals surface area contributed by atoms with Crippen LogP contribution < -0.4 is 11.1 Å². The summed E-state index contributed by atoms with van der Waals surface area (Å²) in [7, 11) is 0. The Morgan fingerprint density at radius 1 is 1.35 bits per heavy atom. The number of nitrogens with one attached hydrogen (secondary N) is 1. The quantitative estimate of drug-likeness (QED) is 0.894. The van der Waals surface area contributed by atoms with Crippen LogP contribution in [0.3, 0.4) is 0 Å². The molecule has 2 rings (SSSR count). The Morgan fingerprint density at radius 3 is 2.80 bits per heavy atom. The van der Waals surface area contributed by atoms with Gasteiger partial charge in [-0.3, -0.25) is 0 Å². The molecular weight excluding hydrogens is 271 g/mol. The average Bonchev–Trinajstić information content (AvgIpc) is 2.38. The smallest absolute Gasteiger partial charge is 0.384 e. The van der Waals surface area contributed by atoms with Crippen molar-refractivity contribution in [2.24, 2.45) is 0 Å². The van der Waals surface area contributed by atoms with E-state index in [2.05, 4.69) is 10.3 Å². The molecule has 1 atom stereocenters. The lowest BCUT2D eigenvalue weighted by atomic mass is 10.1. The van der Waals surface area contributed by atoms with Crippen molar-refractivity contribution in [2.75, 3.05) is 24.2 Å². The Hall–Kier alpha value is -1.50. The number of nitrogen functional groups attached to an aromatic ring is 1. The Morgan fingerprint density at radius 2 is 2.15 bits per heavy atom. The largest absolute Gasteiger partial charge is 0.416 e. The Labute approximate surface area is 115 Å². The van der Waals surface area contributed by atoms with E-state index in [1.54, 1.807) is 0 Å². The van der Waals surface area contributed by atoms with E-state index in [4.69, 9.17) is 10.5 Å². The molecule has 1 aliphatic rings. The van der Waals surface area contributed by atoms with Crippen molar-refractivity contribution in [3.63, 3.8) is 0 Å². The fourth-order valence-corrected chi connectivity index (χ4v) is 2.20. The first-order valence-corrected chi connectivity index (χ1v) is 6.65. The number of pyridine rings is 1. The predicted octanol–water partition coefficient (Wildman–Crippen LogP) is 3.05. The lowest BCUT2D eigenvalue weighted by Crippen LogP contribution is -2.22. The zero-order valence-electron chi connectivity index (χ0n) is 11.0. The Kier molecular flexibility index (Phi) is 4.69. The minimum absolute atomic E-state index is 0.142.